The van der Waals surface area contributed by atoms with Crippen LogP contribution in [-0.2, 0) is 26.2 Å². The van der Waals surface area contributed by atoms with Crippen molar-refractivity contribution in [3.63, 3.8) is 0 Å². The maximum Gasteiger partial charge on any atom is 0.244 e. The molecule has 0 heterocycles. The summed E-state index contributed by atoms with van der Waals surface area (Å²) in [6.07, 6.45) is 2.10. The number of carbonyl (C=O) groups excluding carboxylic acids is 2. The molecule has 0 aromatic heterocycles. The Morgan fingerprint density at radius 1 is 1.00 bits per heavy atom. The Morgan fingerprint density at radius 3 is 2.03 bits per heavy atom. The van der Waals surface area contributed by atoms with E-state index in [9.17, 15) is 18.0 Å². The van der Waals surface area contributed by atoms with Gasteiger partial charge in [-0.1, -0.05) is 49.2 Å². The Labute approximate surface area is 224 Å². The highest BCUT2D eigenvalue weighted by Gasteiger charge is 2.33. The SMILES string of the molecule is CC[C@H](C)NC(=O)[C@H](CC)N(Cc1c(Cl)cccc1Cl)C(=O)CN(c1cc(C)cc(C)c1)S(C)(=O)=O. The van der Waals surface area contributed by atoms with E-state index in [1.807, 2.05) is 33.8 Å². The average molecular weight is 557 g/mol. The van der Waals surface area contributed by atoms with E-state index in [0.717, 1.165) is 28.1 Å². The first-order chi connectivity index (χ1) is 16.8. The Balaban J connectivity index is 2.53. The Bertz CT molecular complexity index is 1160. The molecule has 0 fully saturated rings. The maximum absolute atomic E-state index is 13.8. The number of aryl methyl sites for hydroxylation is 2. The van der Waals surface area contributed by atoms with Crippen LogP contribution in [0.25, 0.3) is 0 Å². The number of amides is 2. The third-order valence-electron chi connectivity index (χ3n) is 5.95. The molecule has 2 aromatic rings. The summed E-state index contributed by atoms with van der Waals surface area (Å²) in [6.45, 7) is 8.83. The molecule has 0 aliphatic carbocycles. The van der Waals surface area contributed by atoms with Gasteiger partial charge in [-0.15, -0.1) is 0 Å². The molecule has 2 amide bonds. The van der Waals surface area contributed by atoms with Gasteiger partial charge in [0.25, 0.3) is 0 Å². The molecule has 36 heavy (non-hydrogen) atoms. The molecule has 0 bridgehead atoms. The van der Waals surface area contributed by atoms with E-state index in [1.165, 1.54) is 4.90 Å². The second-order valence-corrected chi connectivity index (χ2v) is 11.8. The molecule has 2 aromatic carbocycles. The summed E-state index contributed by atoms with van der Waals surface area (Å²) in [5, 5.41) is 3.64. The van der Waals surface area contributed by atoms with Gasteiger partial charge in [-0.25, -0.2) is 8.42 Å². The van der Waals surface area contributed by atoms with Crippen LogP contribution >= 0.6 is 23.2 Å². The molecule has 10 heteroatoms. The van der Waals surface area contributed by atoms with Gasteiger partial charge in [0.2, 0.25) is 21.8 Å². The number of nitrogens with one attached hydrogen (secondary N) is 1. The van der Waals surface area contributed by atoms with Crippen molar-refractivity contribution in [1.82, 2.24) is 10.2 Å². The van der Waals surface area contributed by atoms with Crippen LogP contribution in [0.1, 0.15) is 50.3 Å². The van der Waals surface area contributed by atoms with E-state index in [0.29, 0.717) is 27.7 Å². The number of nitrogens with zero attached hydrogens (tertiary/aromatic N) is 2. The monoisotopic (exact) mass is 555 g/mol. The fraction of sp³-hybridized carbons (Fsp3) is 0.462. The predicted molar refractivity (Wildman–Crippen MR) is 147 cm³/mol. The van der Waals surface area contributed by atoms with E-state index in [1.54, 1.807) is 37.3 Å². The summed E-state index contributed by atoms with van der Waals surface area (Å²) in [5.41, 5.74) is 2.60. The summed E-state index contributed by atoms with van der Waals surface area (Å²) >= 11 is 12.8. The van der Waals surface area contributed by atoms with Crippen molar-refractivity contribution >= 4 is 50.7 Å². The van der Waals surface area contributed by atoms with Crippen molar-refractivity contribution in [3.8, 4) is 0 Å². The van der Waals surface area contributed by atoms with Gasteiger partial charge < -0.3 is 10.2 Å². The summed E-state index contributed by atoms with van der Waals surface area (Å²) in [4.78, 5) is 28.3. The van der Waals surface area contributed by atoms with Gasteiger partial charge in [0.05, 0.1) is 11.9 Å². The minimum absolute atomic E-state index is 0.0474. The van der Waals surface area contributed by atoms with Crippen LogP contribution in [0.15, 0.2) is 36.4 Å². The van der Waals surface area contributed by atoms with Crippen molar-refractivity contribution < 1.29 is 18.0 Å². The third kappa shape index (κ3) is 7.85. The zero-order chi connectivity index (χ0) is 27.2. The number of sulfonamides is 1. The highest BCUT2D eigenvalue weighted by molar-refractivity contribution is 7.92. The number of hydrogen-bond donors (Lipinski definition) is 1. The number of benzene rings is 2. The molecule has 0 unspecified atom stereocenters. The largest absolute Gasteiger partial charge is 0.352 e. The zero-order valence-electron chi connectivity index (χ0n) is 21.6. The molecule has 0 saturated carbocycles. The van der Waals surface area contributed by atoms with Crippen molar-refractivity contribution in [2.45, 2.75) is 66.1 Å². The van der Waals surface area contributed by atoms with E-state index in [2.05, 4.69) is 5.32 Å². The molecule has 2 rings (SSSR count). The topological polar surface area (TPSA) is 86.8 Å². The molecular formula is C26H35Cl2N3O4S. The van der Waals surface area contributed by atoms with Crippen molar-refractivity contribution in [3.05, 3.63) is 63.1 Å². The lowest BCUT2D eigenvalue weighted by atomic mass is 10.1. The fourth-order valence-electron chi connectivity index (χ4n) is 3.92. The molecule has 0 radical (unpaired) electrons. The second-order valence-electron chi connectivity index (χ2n) is 9.08. The number of anilines is 1. The van der Waals surface area contributed by atoms with Gasteiger partial charge in [0.1, 0.15) is 12.6 Å². The highest BCUT2D eigenvalue weighted by atomic mass is 35.5. The van der Waals surface area contributed by atoms with Gasteiger partial charge in [0, 0.05) is 28.2 Å². The van der Waals surface area contributed by atoms with Gasteiger partial charge >= 0.3 is 0 Å². The number of hydrogen-bond acceptors (Lipinski definition) is 4. The fourth-order valence-corrected chi connectivity index (χ4v) is 5.27. The number of rotatable bonds is 11. The lowest BCUT2D eigenvalue weighted by Gasteiger charge is -2.34. The van der Waals surface area contributed by atoms with Crippen LogP contribution in [0, 0.1) is 13.8 Å². The Hall–Kier alpha value is -2.29. The quantitative estimate of drug-likeness (QED) is 0.418. The van der Waals surface area contributed by atoms with Crippen LogP contribution < -0.4 is 9.62 Å². The van der Waals surface area contributed by atoms with E-state index >= 15 is 0 Å². The maximum atomic E-state index is 13.8. The molecule has 1 N–H and O–H groups in total. The highest BCUT2D eigenvalue weighted by Crippen LogP contribution is 2.28. The number of halogens is 2. The van der Waals surface area contributed by atoms with Crippen LogP contribution in [0.2, 0.25) is 10.0 Å². The molecule has 0 aliphatic rings. The van der Waals surface area contributed by atoms with Crippen molar-refractivity contribution in [1.29, 1.82) is 0 Å². The average Bonchev–Trinajstić information content (AvgIpc) is 2.77. The molecular weight excluding hydrogens is 521 g/mol. The second kappa shape index (κ2) is 12.8. The lowest BCUT2D eigenvalue weighted by molar-refractivity contribution is -0.140. The zero-order valence-corrected chi connectivity index (χ0v) is 24.0. The molecule has 0 aliphatic heterocycles. The van der Waals surface area contributed by atoms with Crippen LogP contribution in [0.3, 0.4) is 0 Å². The summed E-state index contributed by atoms with van der Waals surface area (Å²) in [7, 11) is -3.81. The van der Waals surface area contributed by atoms with Gasteiger partial charge in [-0.3, -0.25) is 13.9 Å². The molecule has 7 nitrogen and oxygen atoms in total. The third-order valence-corrected chi connectivity index (χ3v) is 7.80. The van der Waals surface area contributed by atoms with E-state index in [-0.39, 0.29) is 18.5 Å². The van der Waals surface area contributed by atoms with Crippen molar-refractivity contribution in [2.75, 3.05) is 17.1 Å². The standard InChI is InChI=1S/C26H35Cl2N3O4S/c1-7-19(5)29-26(33)24(8-2)30(15-21-22(27)10-9-11-23(21)28)25(32)16-31(36(6,34)35)20-13-17(3)12-18(4)14-20/h9-14,19,24H,7-8,15-16H2,1-6H3,(H,29,33)/t19-,24-/m0/s1. The minimum Gasteiger partial charge on any atom is -0.352 e. The van der Waals surface area contributed by atoms with Crippen LogP contribution in [-0.4, -0.2) is 50.0 Å². The Morgan fingerprint density at radius 2 is 1.56 bits per heavy atom. The first-order valence-corrected chi connectivity index (χ1v) is 14.5. The van der Waals surface area contributed by atoms with Crippen molar-refractivity contribution in [2.24, 2.45) is 0 Å². The molecule has 0 spiro atoms. The Kier molecular flexibility index (Phi) is 10.6. The normalized spacial score (nSPS) is 13.1. The predicted octanol–water partition coefficient (Wildman–Crippen LogP) is 5.10. The molecule has 198 valence electrons. The smallest absolute Gasteiger partial charge is 0.244 e. The molecule has 0 saturated heterocycles. The van der Waals surface area contributed by atoms with E-state index in [4.69, 9.17) is 23.2 Å². The first-order valence-electron chi connectivity index (χ1n) is 11.9. The van der Waals surface area contributed by atoms with Gasteiger partial charge in [0.15, 0.2) is 0 Å². The van der Waals surface area contributed by atoms with Gasteiger partial charge in [-0.05, 0) is 69.0 Å². The lowest BCUT2D eigenvalue weighted by Crippen LogP contribution is -2.53. The van der Waals surface area contributed by atoms with E-state index < -0.39 is 28.5 Å². The summed E-state index contributed by atoms with van der Waals surface area (Å²) < 4.78 is 26.6. The minimum atomic E-state index is -3.81. The molecule has 2 atom stereocenters. The van der Waals surface area contributed by atoms with Crippen LogP contribution in [0.4, 0.5) is 5.69 Å². The summed E-state index contributed by atoms with van der Waals surface area (Å²) in [6, 6.07) is 9.42. The van der Waals surface area contributed by atoms with Crippen LogP contribution in [0.5, 0.6) is 0 Å². The number of carbonyl (C=O) groups is 2. The first kappa shape index (κ1) is 29.9. The van der Waals surface area contributed by atoms with Gasteiger partial charge in [-0.2, -0.15) is 0 Å². The summed E-state index contributed by atoms with van der Waals surface area (Å²) in [5.74, 6) is -0.859.